The molecule has 2 N–H and O–H groups in total. The van der Waals surface area contributed by atoms with E-state index in [1.54, 1.807) is 0 Å². The van der Waals surface area contributed by atoms with E-state index < -0.39 is 0 Å². The number of hydrogen-bond acceptors (Lipinski definition) is 3. The molecule has 3 atom stereocenters. The van der Waals surface area contributed by atoms with Crippen molar-refractivity contribution in [1.82, 2.24) is 0 Å². The van der Waals surface area contributed by atoms with Gasteiger partial charge in [0.25, 0.3) is 0 Å². The highest BCUT2D eigenvalue weighted by Gasteiger charge is 2.32. The highest BCUT2D eigenvalue weighted by molar-refractivity contribution is 5.39. The molecule has 3 unspecified atom stereocenters. The number of rotatable bonds is 4. The van der Waals surface area contributed by atoms with Crippen LogP contribution in [0, 0.1) is 12.8 Å². The van der Waals surface area contributed by atoms with Crippen molar-refractivity contribution in [3.8, 4) is 5.75 Å². The molecule has 3 nitrogen and oxygen atoms in total. The first kappa shape index (κ1) is 13.4. The smallest absolute Gasteiger partial charge is 0.124 e. The third-order valence-corrected chi connectivity index (χ3v) is 3.62. The maximum atomic E-state index is 6.39. The zero-order chi connectivity index (χ0) is 13.1. The molecule has 1 heterocycles. The largest absolute Gasteiger partial charge is 0.494 e. The lowest BCUT2D eigenvalue weighted by atomic mass is 9.92. The molecule has 2 rings (SSSR count). The molecule has 0 amide bonds. The number of ether oxygens (including phenoxy) is 2. The SMILES string of the molecule is CCOc1ccc(C)cc1C(N)C1OCCC1C. The monoisotopic (exact) mass is 249 g/mol. The van der Waals surface area contributed by atoms with E-state index in [1.807, 2.05) is 13.0 Å². The second-order valence-corrected chi connectivity index (χ2v) is 5.10. The third-order valence-electron chi connectivity index (χ3n) is 3.62. The second-order valence-electron chi connectivity index (χ2n) is 5.10. The molecular weight excluding hydrogens is 226 g/mol. The molecule has 1 aromatic rings. The summed E-state index contributed by atoms with van der Waals surface area (Å²) in [5, 5.41) is 0. The van der Waals surface area contributed by atoms with Gasteiger partial charge in [0.15, 0.2) is 0 Å². The van der Waals surface area contributed by atoms with E-state index in [2.05, 4.69) is 26.0 Å². The number of hydrogen-bond donors (Lipinski definition) is 1. The van der Waals surface area contributed by atoms with Crippen molar-refractivity contribution in [2.24, 2.45) is 11.7 Å². The number of aryl methyl sites for hydroxylation is 1. The molecule has 0 radical (unpaired) electrons. The maximum Gasteiger partial charge on any atom is 0.124 e. The summed E-state index contributed by atoms with van der Waals surface area (Å²) in [5.74, 6) is 1.40. The molecule has 0 saturated carbocycles. The molecular formula is C15H23NO2. The van der Waals surface area contributed by atoms with E-state index in [9.17, 15) is 0 Å². The van der Waals surface area contributed by atoms with Gasteiger partial charge in [-0.1, -0.05) is 24.6 Å². The molecule has 1 aliphatic heterocycles. The maximum absolute atomic E-state index is 6.39. The molecule has 18 heavy (non-hydrogen) atoms. The molecule has 0 aliphatic carbocycles. The van der Waals surface area contributed by atoms with Crippen LogP contribution in [0.2, 0.25) is 0 Å². The van der Waals surface area contributed by atoms with E-state index in [-0.39, 0.29) is 12.1 Å². The Hall–Kier alpha value is -1.06. The summed E-state index contributed by atoms with van der Waals surface area (Å²) in [6.07, 6.45) is 1.19. The lowest BCUT2D eigenvalue weighted by Gasteiger charge is -2.25. The lowest BCUT2D eigenvalue weighted by molar-refractivity contribution is 0.0716. The summed E-state index contributed by atoms with van der Waals surface area (Å²) in [5.41, 5.74) is 8.65. The van der Waals surface area contributed by atoms with E-state index in [0.717, 1.165) is 24.3 Å². The topological polar surface area (TPSA) is 44.5 Å². The Labute approximate surface area is 109 Å². The normalized spacial score (nSPS) is 25.1. The quantitative estimate of drug-likeness (QED) is 0.892. The average molecular weight is 249 g/mol. The van der Waals surface area contributed by atoms with Crippen LogP contribution in [0.15, 0.2) is 18.2 Å². The molecule has 3 heteroatoms. The fraction of sp³-hybridized carbons (Fsp3) is 0.600. The fourth-order valence-electron chi connectivity index (χ4n) is 2.57. The van der Waals surface area contributed by atoms with Gasteiger partial charge in [-0.3, -0.25) is 0 Å². The summed E-state index contributed by atoms with van der Waals surface area (Å²) in [7, 11) is 0. The third kappa shape index (κ3) is 2.68. The van der Waals surface area contributed by atoms with Crippen LogP contribution in [0.4, 0.5) is 0 Å². The van der Waals surface area contributed by atoms with Gasteiger partial charge in [0.1, 0.15) is 5.75 Å². The van der Waals surface area contributed by atoms with Crippen molar-refractivity contribution >= 4 is 0 Å². The van der Waals surface area contributed by atoms with E-state index in [0.29, 0.717) is 12.5 Å². The molecule has 1 aromatic carbocycles. The molecule has 1 saturated heterocycles. The summed E-state index contributed by atoms with van der Waals surface area (Å²) >= 11 is 0. The minimum Gasteiger partial charge on any atom is -0.494 e. The molecule has 1 aliphatic rings. The molecule has 0 spiro atoms. The van der Waals surface area contributed by atoms with Gasteiger partial charge < -0.3 is 15.2 Å². The van der Waals surface area contributed by atoms with Crippen LogP contribution in [-0.4, -0.2) is 19.3 Å². The molecule has 0 aromatic heterocycles. The average Bonchev–Trinajstić information content (AvgIpc) is 2.77. The highest BCUT2D eigenvalue weighted by atomic mass is 16.5. The summed E-state index contributed by atoms with van der Waals surface area (Å²) in [4.78, 5) is 0. The molecule has 1 fully saturated rings. The van der Waals surface area contributed by atoms with Crippen molar-refractivity contribution in [1.29, 1.82) is 0 Å². The van der Waals surface area contributed by atoms with Gasteiger partial charge in [0, 0.05) is 12.2 Å². The van der Waals surface area contributed by atoms with Gasteiger partial charge in [0.2, 0.25) is 0 Å². The summed E-state index contributed by atoms with van der Waals surface area (Å²) in [6.45, 7) is 7.74. The van der Waals surface area contributed by atoms with Gasteiger partial charge in [-0.15, -0.1) is 0 Å². The van der Waals surface area contributed by atoms with Crippen molar-refractivity contribution in [3.05, 3.63) is 29.3 Å². The van der Waals surface area contributed by atoms with E-state index in [4.69, 9.17) is 15.2 Å². The Balaban J connectivity index is 2.27. The zero-order valence-electron chi connectivity index (χ0n) is 11.5. The predicted octanol–water partition coefficient (Wildman–Crippen LogP) is 2.82. The first-order valence-electron chi connectivity index (χ1n) is 6.74. The minimum absolute atomic E-state index is 0.103. The van der Waals surface area contributed by atoms with Crippen molar-refractivity contribution in [2.45, 2.75) is 39.3 Å². The summed E-state index contributed by atoms with van der Waals surface area (Å²) in [6, 6.07) is 6.07. The van der Waals surface area contributed by atoms with Gasteiger partial charge in [-0.25, -0.2) is 0 Å². The number of nitrogens with two attached hydrogens (primary N) is 1. The van der Waals surface area contributed by atoms with E-state index >= 15 is 0 Å². The van der Waals surface area contributed by atoms with Crippen molar-refractivity contribution in [3.63, 3.8) is 0 Å². The zero-order valence-corrected chi connectivity index (χ0v) is 11.5. The van der Waals surface area contributed by atoms with Crippen LogP contribution in [-0.2, 0) is 4.74 Å². The lowest BCUT2D eigenvalue weighted by Crippen LogP contribution is -2.30. The van der Waals surface area contributed by atoms with Crippen LogP contribution in [0.25, 0.3) is 0 Å². The molecule has 100 valence electrons. The Morgan fingerprint density at radius 2 is 2.28 bits per heavy atom. The van der Waals surface area contributed by atoms with Crippen LogP contribution >= 0.6 is 0 Å². The van der Waals surface area contributed by atoms with Gasteiger partial charge in [-0.2, -0.15) is 0 Å². The highest BCUT2D eigenvalue weighted by Crippen LogP contribution is 2.34. The van der Waals surface area contributed by atoms with Gasteiger partial charge in [-0.05, 0) is 32.3 Å². The first-order chi connectivity index (χ1) is 8.63. The van der Waals surface area contributed by atoms with Gasteiger partial charge in [0.05, 0.1) is 18.8 Å². The van der Waals surface area contributed by atoms with Crippen LogP contribution in [0.3, 0.4) is 0 Å². The summed E-state index contributed by atoms with van der Waals surface area (Å²) < 4.78 is 11.4. The Kier molecular flexibility index (Phi) is 4.25. The van der Waals surface area contributed by atoms with Crippen LogP contribution in [0.5, 0.6) is 5.75 Å². The van der Waals surface area contributed by atoms with Crippen molar-refractivity contribution < 1.29 is 9.47 Å². The predicted molar refractivity (Wildman–Crippen MR) is 72.8 cm³/mol. The molecule has 0 bridgehead atoms. The Morgan fingerprint density at radius 1 is 1.50 bits per heavy atom. The first-order valence-corrected chi connectivity index (χ1v) is 6.74. The van der Waals surface area contributed by atoms with Crippen LogP contribution in [0.1, 0.15) is 37.4 Å². The van der Waals surface area contributed by atoms with E-state index in [1.165, 1.54) is 5.56 Å². The Bertz CT molecular complexity index is 405. The second kappa shape index (κ2) is 5.72. The van der Waals surface area contributed by atoms with Crippen LogP contribution < -0.4 is 10.5 Å². The Morgan fingerprint density at radius 3 is 2.89 bits per heavy atom. The fourth-order valence-corrected chi connectivity index (χ4v) is 2.57. The standard InChI is InChI=1S/C15H23NO2/c1-4-17-13-6-5-10(2)9-12(13)14(16)15-11(3)7-8-18-15/h5-6,9,11,14-15H,4,7-8,16H2,1-3H3. The van der Waals surface area contributed by atoms with Crippen molar-refractivity contribution in [2.75, 3.05) is 13.2 Å². The number of benzene rings is 1. The van der Waals surface area contributed by atoms with Gasteiger partial charge >= 0.3 is 0 Å². The minimum atomic E-state index is -0.107.